The van der Waals surface area contributed by atoms with E-state index in [1.54, 1.807) is 18.2 Å². The van der Waals surface area contributed by atoms with Crippen molar-refractivity contribution in [1.82, 2.24) is 30.1 Å². The monoisotopic (exact) mass is 772 g/mol. The summed E-state index contributed by atoms with van der Waals surface area (Å²) in [6, 6.07) is 17.4. The number of hydrogen-bond donors (Lipinski definition) is 2. The van der Waals surface area contributed by atoms with Gasteiger partial charge in [-0.05, 0) is 57.0 Å². The molecule has 1 fully saturated rings. The van der Waals surface area contributed by atoms with Gasteiger partial charge in [0.05, 0.1) is 41.7 Å². The lowest BCUT2D eigenvalue weighted by Crippen LogP contribution is -2.43. The second kappa shape index (κ2) is 16.8. The van der Waals surface area contributed by atoms with Gasteiger partial charge >= 0.3 is 6.09 Å². The average Bonchev–Trinajstić information content (AvgIpc) is 3.70. The third-order valence-electron chi connectivity index (χ3n) is 9.27. The van der Waals surface area contributed by atoms with Crippen LogP contribution in [0, 0.1) is 0 Å². The van der Waals surface area contributed by atoms with E-state index < -0.39 is 11.7 Å². The lowest BCUT2D eigenvalue weighted by molar-refractivity contribution is -0.119. The molecule has 4 heterocycles. The number of fused-ring (bicyclic) bond motifs is 1. The quantitative estimate of drug-likeness (QED) is 0.116. The molecule has 13 heteroatoms. The second-order valence-electron chi connectivity index (χ2n) is 14.4. The van der Waals surface area contributed by atoms with Crippen LogP contribution in [0.2, 0.25) is 10.0 Å². The van der Waals surface area contributed by atoms with E-state index in [1.165, 1.54) is 12.7 Å². The number of aryl methyl sites for hydroxylation is 1. The van der Waals surface area contributed by atoms with Crippen LogP contribution in [0.1, 0.15) is 44.7 Å². The number of pyridine rings is 2. The number of rotatable bonds is 13. The third-order valence-corrected chi connectivity index (χ3v) is 10.1. The van der Waals surface area contributed by atoms with Crippen LogP contribution in [0.15, 0.2) is 67.0 Å². The van der Waals surface area contributed by atoms with Crippen LogP contribution in [0.25, 0.3) is 44.5 Å². The predicted molar refractivity (Wildman–Crippen MR) is 213 cm³/mol. The molecule has 11 nitrogen and oxygen atoms in total. The lowest BCUT2D eigenvalue weighted by Gasteiger charge is -2.29. The Kier molecular flexibility index (Phi) is 12.1. The number of carbonyl (C=O) groups is 2. The van der Waals surface area contributed by atoms with Gasteiger partial charge in [-0.25, -0.2) is 9.78 Å². The maximum absolute atomic E-state index is 13.3. The molecule has 0 bridgehead atoms. The van der Waals surface area contributed by atoms with Gasteiger partial charge < -0.3 is 34.3 Å². The minimum atomic E-state index is -0.692. The highest BCUT2D eigenvalue weighted by molar-refractivity contribution is 6.39. The van der Waals surface area contributed by atoms with Crippen LogP contribution in [0.4, 0.5) is 4.79 Å². The van der Waals surface area contributed by atoms with Gasteiger partial charge in [-0.1, -0.05) is 53.5 Å². The van der Waals surface area contributed by atoms with E-state index in [2.05, 4.69) is 38.5 Å². The normalized spacial score (nSPS) is 14.4. The zero-order chi connectivity index (χ0) is 38.6. The van der Waals surface area contributed by atoms with Gasteiger partial charge in [-0.15, -0.1) is 0 Å². The van der Waals surface area contributed by atoms with E-state index in [0.717, 1.165) is 40.7 Å². The SMILES string of the molecule is COCCNCc1cn(C)c2cc(-c3nccc(-c4cccc(-c5ccc(CN(C[C@@H]6CCC(=O)N6)C(=O)OC(C)(C)C)c(OC)n5)c4Cl)c3Cl)ccc12. The summed E-state index contributed by atoms with van der Waals surface area (Å²) in [5.41, 5.74) is 6.52. The third kappa shape index (κ3) is 8.81. The van der Waals surface area contributed by atoms with Crippen molar-refractivity contribution in [3.8, 4) is 39.5 Å². The number of halogens is 2. The summed E-state index contributed by atoms with van der Waals surface area (Å²) in [6.45, 7) is 8.08. The first kappa shape index (κ1) is 39.0. The van der Waals surface area contributed by atoms with Gasteiger partial charge in [0.15, 0.2) is 0 Å². The smallest absolute Gasteiger partial charge is 0.410 e. The average molecular weight is 774 g/mol. The van der Waals surface area contributed by atoms with Crippen LogP contribution < -0.4 is 15.4 Å². The van der Waals surface area contributed by atoms with Crippen LogP contribution in [-0.2, 0) is 34.4 Å². The molecule has 1 aliphatic heterocycles. The predicted octanol–water partition coefficient (Wildman–Crippen LogP) is 8.04. The molecule has 6 rings (SSSR count). The highest BCUT2D eigenvalue weighted by atomic mass is 35.5. The molecule has 2 aromatic carbocycles. The molecule has 0 radical (unpaired) electrons. The molecule has 1 atom stereocenters. The number of aromatic nitrogens is 3. The van der Waals surface area contributed by atoms with E-state index in [0.29, 0.717) is 64.4 Å². The molecule has 0 saturated carbocycles. The summed E-state index contributed by atoms with van der Waals surface area (Å²) in [5, 5.41) is 8.47. The van der Waals surface area contributed by atoms with Crippen molar-refractivity contribution >= 4 is 46.1 Å². The van der Waals surface area contributed by atoms with Gasteiger partial charge in [0, 0.05) is 97.4 Å². The van der Waals surface area contributed by atoms with Gasteiger partial charge in [-0.3, -0.25) is 9.78 Å². The summed E-state index contributed by atoms with van der Waals surface area (Å²) in [7, 11) is 5.27. The van der Waals surface area contributed by atoms with Crippen LogP contribution in [0.5, 0.6) is 5.88 Å². The summed E-state index contributed by atoms with van der Waals surface area (Å²) in [4.78, 5) is 36.3. The number of nitrogens with one attached hydrogen (secondary N) is 2. The van der Waals surface area contributed by atoms with E-state index in [9.17, 15) is 9.59 Å². The molecular formula is C41H46Cl2N6O5. The molecule has 1 saturated heterocycles. The fourth-order valence-corrected chi connectivity index (χ4v) is 7.32. The van der Waals surface area contributed by atoms with Crippen molar-refractivity contribution in [3.63, 3.8) is 0 Å². The Morgan fingerprint density at radius 3 is 2.54 bits per heavy atom. The van der Waals surface area contributed by atoms with Gasteiger partial charge in [0.2, 0.25) is 11.8 Å². The van der Waals surface area contributed by atoms with Crippen LogP contribution in [0.3, 0.4) is 0 Å². The molecule has 2 N–H and O–H groups in total. The highest BCUT2D eigenvalue weighted by Crippen LogP contribution is 2.42. The molecule has 54 heavy (non-hydrogen) atoms. The Morgan fingerprint density at radius 2 is 1.81 bits per heavy atom. The number of hydrogen-bond acceptors (Lipinski definition) is 8. The largest absolute Gasteiger partial charge is 0.481 e. The second-order valence-corrected chi connectivity index (χ2v) is 15.1. The fraction of sp³-hybridized carbons (Fsp3) is 0.366. The fourth-order valence-electron chi connectivity index (χ4n) is 6.68. The van der Waals surface area contributed by atoms with Crippen molar-refractivity contribution in [3.05, 3.63) is 88.2 Å². The molecule has 0 aliphatic carbocycles. The van der Waals surface area contributed by atoms with Gasteiger partial charge in [-0.2, -0.15) is 0 Å². The van der Waals surface area contributed by atoms with E-state index in [1.807, 2.05) is 70.3 Å². The molecule has 3 aromatic heterocycles. The van der Waals surface area contributed by atoms with Crippen LogP contribution in [-0.4, -0.2) is 77.0 Å². The Balaban J connectivity index is 1.28. The summed E-state index contributed by atoms with van der Waals surface area (Å²) >= 11 is 14.3. The molecular weight excluding hydrogens is 727 g/mol. The topological polar surface area (TPSA) is 120 Å². The Hall–Kier alpha value is -4.68. The molecule has 1 aliphatic rings. The molecule has 284 valence electrons. The zero-order valence-electron chi connectivity index (χ0n) is 31.5. The molecule has 5 aromatic rings. The van der Waals surface area contributed by atoms with Crippen molar-refractivity contribution in [2.75, 3.05) is 33.9 Å². The van der Waals surface area contributed by atoms with Crippen molar-refractivity contribution in [2.45, 2.75) is 58.3 Å². The van der Waals surface area contributed by atoms with Crippen molar-refractivity contribution in [1.29, 1.82) is 0 Å². The summed E-state index contributed by atoms with van der Waals surface area (Å²) in [5.74, 6) is 0.314. The first-order valence-corrected chi connectivity index (χ1v) is 18.7. The lowest BCUT2D eigenvalue weighted by atomic mass is 9.99. The van der Waals surface area contributed by atoms with E-state index >= 15 is 0 Å². The highest BCUT2D eigenvalue weighted by Gasteiger charge is 2.29. The number of nitrogens with zero attached hydrogens (tertiary/aromatic N) is 4. The molecule has 0 spiro atoms. The van der Waals surface area contributed by atoms with E-state index in [-0.39, 0.29) is 18.5 Å². The first-order valence-electron chi connectivity index (χ1n) is 17.9. The number of benzene rings is 2. The van der Waals surface area contributed by atoms with Crippen molar-refractivity contribution in [2.24, 2.45) is 7.05 Å². The minimum absolute atomic E-state index is 0.0265. The number of amides is 2. The number of ether oxygens (including phenoxy) is 3. The Labute approximate surface area is 325 Å². The Bertz CT molecular complexity index is 2160. The number of methoxy groups -OCH3 is 2. The summed E-state index contributed by atoms with van der Waals surface area (Å²) in [6.07, 6.45) is 4.45. The van der Waals surface area contributed by atoms with Gasteiger partial charge in [0.1, 0.15) is 5.60 Å². The maximum Gasteiger partial charge on any atom is 0.410 e. The Morgan fingerprint density at radius 1 is 1.04 bits per heavy atom. The molecule has 0 unspecified atom stereocenters. The van der Waals surface area contributed by atoms with Gasteiger partial charge in [0.25, 0.3) is 0 Å². The zero-order valence-corrected chi connectivity index (χ0v) is 33.0. The van der Waals surface area contributed by atoms with Crippen molar-refractivity contribution < 1.29 is 23.8 Å². The summed E-state index contributed by atoms with van der Waals surface area (Å²) < 4.78 is 18.7. The first-order chi connectivity index (χ1) is 25.9. The van der Waals surface area contributed by atoms with E-state index in [4.69, 9.17) is 42.4 Å². The minimum Gasteiger partial charge on any atom is -0.481 e. The molecule has 2 amide bonds. The number of carbonyl (C=O) groups excluding carboxylic acids is 2. The maximum atomic E-state index is 13.3. The van der Waals surface area contributed by atoms with Crippen LogP contribution >= 0.6 is 23.2 Å². The standard InChI is InChI=1S/C41H46Cl2N6O5/c1-41(2,3)54-40(51)49(24-28-12-15-35(50)46-28)23-26-11-14-33(47-39(26)53-6)32-9-7-8-30(36(32)42)31-16-17-45-38(37(31)43)25-10-13-29-27(21-44-18-19-52-5)22-48(4)34(29)20-25/h7-11,13-14,16-17,20,22,28,44H,12,15,18-19,21,23-24H2,1-6H3,(H,46,50)/t28-/m0/s1.